The van der Waals surface area contributed by atoms with Gasteiger partial charge >= 0.3 is 0 Å². The highest BCUT2D eigenvalue weighted by Gasteiger charge is 2.24. The molecule has 0 amide bonds. The van der Waals surface area contributed by atoms with E-state index in [1.165, 1.54) is 45.1 Å². The molecule has 2 atom stereocenters. The zero-order chi connectivity index (χ0) is 12.8. The lowest BCUT2D eigenvalue weighted by atomic mass is 9.79. The fourth-order valence-corrected chi connectivity index (χ4v) is 3.21. The normalized spacial score (nSPS) is 20.4. The predicted octanol–water partition coefficient (Wildman–Crippen LogP) is 3.96. The van der Waals surface area contributed by atoms with Crippen molar-refractivity contribution in [3.05, 3.63) is 35.4 Å². The number of hydrogen-bond donors (Lipinski definition) is 1. The smallest absolute Gasteiger partial charge is 0.00985 e. The van der Waals surface area contributed by atoms with Crippen molar-refractivity contribution in [3.8, 4) is 0 Å². The average Bonchev–Trinajstić information content (AvgIpc) is 2.43. The van der Waals surface area contributed by atoms with E-state index in [2.05, 4.69) is 43.4 Å². The summed E-state index contributed by atoms with van der Waals surface area (Å²) in [7, 11) is 0. The van der Waals surface area contributed by atoms with E-state index < -0.39 is 0 Å². The second-order valence-electron chi connectivity index (χ2n) is 5.62. The van der Waals surface area contributed by atoms with Crippen molar-refractivity contribution in [2.24, 2.45) is 5.92 Å². The molecule has 0 spiro atoms. The maximum absolute atomic E-state index is 3.77. The minimum absolute atomic E-state index is 0.725. The molecular weight excluding hydrogens is 218 g/mol. The molecule has 1 N–H and O–H groups in total. The maximum Gasteiger partial charge on any atom is 0.00985 e. The van der Waals surface area contributed by atoms with Gasteiger partial charge in [-0.1, -0.05) is 44.5 Å². The molecule has 18 heavy (non-hydrogen) atoms. The summed E-state index contributed by atoms with van der Waals surface area (Å²) in [6, 6.07) is 9.72. The summed E-state index contributed by atoms with van der Waals surface area (Å²) >= 11 is 0. The zero-order valence-corrected chi connectivity index (χ0v) is 11.9. The van der Waals surface area contributed by atoms with Crippen LogP contribution in [0.5, 0.6) is 0 Å². The Morgan fingerprint density at radius 3 is 2.67 bits per heavy atom. The Bertz CT molecular complexity index is 358. The number of rotatable bonds is 6. The first kappa shape index (κ1) is 13.6. The highest BCUT2D eigenvalue weighted by molar-refractivity contribution is 5.30. The van der Waals surface area contributed by atoms with Gasteiger partial charge in [0.1, 0.15) is 0 Å². The van der Waals surface area contributed by atoms with Gasteiger partial charge in [0.25, 0.3) is 0 Å². The minimum atomic E-state index is 0.725. The van der Waals surface area contributed by atoms with Crippen molar-refractivity contribution < 1.29 is 0 Å². The van der Waals surface area contributed by atoms with Crippen LogP contribution in [0.2, 0.25) is 0 Å². The summed E-state index contributed by atoms with van der Waals surface area (Å²) < 4.78 is 0. The van der Waals surface area contributed by atoms with Crippen LogP contribution in [0.1, 0.15) is 50.7 Å². The van der Waals surface area contributed by atoms with Gasteiger partial charge < -0.3 is 5.32 Å². The van der Waals surface area contributed by atoms with Gasteiger partial charge in [-0.15, -0.1) is 0 Å². The van der Waals surface area contributed by atoms with Gasteiger partial charge in [-0.2, -0.15) is 0 Å². The maximum atomic E-state index is 3.77. The first-order valence-electron chi connectivity index (χ1n) is 7.65. The fraction of sp³-hybridized carbons (Fsp3) is 0.647. The molecule has 1 aliphatic carbocycles. The third kappa shape index (κ3) is 3.35. The monoisotopic (exact) mass is 245 g/mol. The van der Waals surface area contributed by atoms with Crippen LogP contribution in [0.4, 0.5) is 0 Å². The van der Waals surface area contributed by atoms with Gasteiger partial charge in [-0.3, -0.25) is 0 Å². The third-order valence-corrected chi connectivity index (χ3v) is 4.21. The van der Waals surface area contributed by atoms with Gasteiger partial charge in [0.15, 0.2) is 0 Å². The van der Waals surface area contributed by atoms with Crippen molar-refractivity contribution in [1.29, 1.82) is 0 Å². The molecule has 0 aliphatic heterocycles. The lowest BCUT2D eigenvalue weighted by Crippen LogP contribution is -2.39. The van der Waals surface area contributed by atoms with Crippen LogP contribution >= 0.6 is 0 Å². The van der Waals surface area contributed by atoms with Crippen molar-refractivity contribution in [3.63, 3.8) is 0 Å². The molecule has 0 fully saturated rings. The van der Waals surface area contributed by atoms with Crippen LogP contribution in [0.25, 0.3) is 0 Å². The molecule has 1 nitrogen and oxygen atoms in total. The number of aryl methyl sites for hydroxylation is 1. The lowest BCUT2D eigenvalue weighted by molar-refractivity contribution is 0.303. The molecule has 100 valence electrons. The second-order valence-corrected chi connectivity index (χ2v) is 5.62. The van der Waals surface area contributed by atoms with Gasteiger partial charge in [-0.25, -0.2) is 0 Å². The summed E-state index contributed by atoms with van der Waals surface area (Å²) in [6.07, 6.45) is 7.76. The highest BCUT2D eigenvalue weighted by Crippen LogP contribution is 2.28. The Morgan fingerprint density at radius 1 is 1.17 bits per heavy atom. The Kier molecular flexibility index (Phi) is 5.25. The number of hydrogen-bond acceptors (Lipinski definition) is 1. The lowest BCUT2D eigenvalue weighted by Gasteiger charge is -2.32. The largest absolute Gasteiger partial charge is 0.314 e. The Morgan fingerprint density at radius 2 is 1.94 bits per heavy atom. The van der Waals surface area contributed by atoms with Gasteiger partial charge in [-0.05, 0) is 55.7 Å². The van der Waals surface area contributed by atoms with Crippen LogP contribution in [-0.4, -0.2) is 12.6 Å². The molecule has 1 aromatic rings. The Balaban J connectivity index is 2.00. The average molecular weight is 245 g/mol. The van der Waals surface area contributed by atoms with Gasteiger partial charge in [0.2, 0.25) is 0 Å². The minimum Gasteiger partial charge on any atom is -0.314 e. The summed E-state index contributed by atoms with van der Waals surface area (Å²) in [5.74, 6) is 0.839. The summed E-state index contributed by atoms with van der Waals surface area (Å²) in [5.41, 5.74) is 3.17. The summed E-state index contributed by atoms with van der Waals surface area (Å²) in [4.78, 5) is 0. The van der Waals surface area contributed by atoms with Crippen LogP contribution < -0.4 is 5.32 Å². The molecule has 0 aromatic heterocycles. The highest BCUT2D eigenvalue weighted by atomic mass is 14.9. The molecule has 1 aliphatic rings. The van der Waals surface area contributed by atoms with E-state index in [9.17, 15) is 0 Å². The molecule has 0 saturated heterocycles. The van der Waals surface area contributed by atoms with Gasteiger partial charge in [0, 0.05) is 6.04 Å². The standard InChI is InChI=1S/C17H27N/c1-3-7-17(18-12-4-2)16-11-10-14-8-5-6-9-15(14)13-16/h5-6,8-9,16-18H,3-4,7,10-13H2,1-2H3. The first-order valence-corrected chi connectivity index (χ1v) is 7.65. The zero-order valence-electron chi connectivity index (χ0n) is 11.9. The molecule has 2 rings (SSSR count). The van der Waals surface area contributed by atoms with Crippen molar-refractivity contribution in [2.45, 2.75) is 58.4 Å². The molecule has 0 bridgehead atoms. The fourth-order valence-electron chi connectivity index (χ4n) is 3.21. The Labute approximate surface area is 112 Å². The predicted molar refractivity (Wildman–Crippen MR) is 78.9 cm³/mol. The number of nitrogens with one attached hydrogen (secondary N) is 1. The Hall–Kier alpha value is -0.820. The van der Waals surface area contributed by atoms with E-state index in [-0.39, 0.29) is 0 Å². The van der Waals surface area contributed by atoms with E-state index >= 15 is 0 Å². The van der Waals surface area contributed by atoms with Crippen LogP contribution in [0, 0.1) is 5.92 Å². The quantitative estimate of drug-likeness (QED) is 0.800. The van der Waals surface area contributed by atoms with E-state index in [0.29, 0.717) is 0 Å². The van der Waals surface area contributed by atoms with Crippen molar-refractivity contribution in [2.75, 3.05) is 6.54 Å². The van der Waals surface area contributed by atoms with Crippen LogP contribution in [0.15, 0.2) is 24.3 Å². The van der Waals surface area contributed by atoms with Crippen molar-refractivity contribution >= 4 is 0 Å². The van der Waals surface area contributed by atoms with Crippen LogP contribution in [-0.2, 0) is 12.8 Å². The van der Waals surface area contributed by atoms with E-state index in [4.69, 9.17) is 0 Å². The molecule has 0 saturated carbocycles. The molecule has 1 heteroatoms. The molecule has 1 aromatic carbocycles. The molecular formula is C17H27N. The van der Waals surface area contributed by atoms with E-state index in [1.807, 2.05) is 0 Å². The number of benzene rings is 1. The molecule has 2 unspecified atom stereocenters. The van der Waals surface area contributed by atoms with Gasteiger partial charge in [0.05, 0.1) is 0 Å². The summed E-state index contributed by atoms with van der Waals surface area (Å²) in [6.45, 7) is 5.73. The first-order chi connectivity index (χ1) is 8.85. The van der Waals surface area contributed by atoms with Crippen molar-refractivity contribution in [1.82, 2.24) is 5.32 Å². The number of fused-ring (bicyclic) bond motifs is 1. The molecule has 0 heterocycles. The van der Waals surface area contributed by atoms with E-state index in [1.54, 1.807) is 11.1 Å². The third-order valence-electron chi connectivity index (χ3n) is 4.21. The van der Waals surface area contributed by atoms with E-state index in [0.717, 1.165) is 12.0 Å². The topological polar surface area (TPSA) is 12.0 Å². The second kappa shape index (κ2) is 6.94. The summed E-state index contributed by atoms with van der Waals surface area (Å²) in [5, 5.41) is 3.77. The SMILES string of the molecule is CCCNC(CCC)C1CCc2ccccc2C1. The van der Waals surface area contributed by atoms with Crippen LogP contribution in [0.3, 0.4) is 0 Å². The molecule has 0 radical (unpaired) electrons.